The molecule has 1 fully saturated rings. The first kappa shape index (κ1) is 19.8. The summed E-state index contributed by atoms with van der Waals surface area (Å²) in [5.74, 6) is 0. The molecule has 0 aromatic rings. The van der Waals surface area contributed by atoms with Crippen LogP contribution in [0, 0.1) is 0 Å². The molecule has 0 spiro atoms. The summed E-state index contributed by atoms with van der Waals surface area (Å²) in [6.07, 6.45) is 18.6. The largest absolute Gasteiger partial charge is 0.0654 e. The van der Waals surface area contributed by atoms with Crippen LogP contribution in [0.4, 0.5) is 0 Å². The van der Waals surface area contributed by atoms with Crippen molar-refractivity contribution < 1.29 is 0 Å². The molecule has 0 aliphatic carbocycles. The van der Waals surface area contributed by atoms with E-state index in [2.05, 4.69) is 27.7 Å². The molecule has 1 aliphatic rings. The van der Waals surface area contributed by atoms with Crippen molar-refractivity contribution in [2.45, 2.75) is 79.1 Å². The van der Waals surface area contributed by atoms with Crippen LogP contribution in [0.3, 0.4) is 0 Å². The van der Waals surface area contributed by atoms with E-state index in [0.717, 1.165) is 0 Å². The summed E-state index contributed by atoms with van der Waals surface area (Å²) in [5.41, 5.74) is 0. The minimum atomic E-state index is 0.549. The molecule has 0 bridgehead atoms. The molecule has 0 radical (unpaired) electrons. The Morgan fingerprint density at radius 3 is 0.750 bits per heavy atom. The van der Waals surface area contributed by atoms with Crippen LogP contribution >= 0.6 is 29.2 Å². The van der Waals surface area contributed by atoms with Gasteiger partial charge in [0.25, 0.3) is 0 Å². The molecular formula is C16H36P4. The van der Waals surface area contributed by atoms with E-state index in [-0.39, 0.29) is 0 Å². The Morgan fingerprint density at radius 1 is 0.400 bits per heavy atom. The molecular weight excluding hydrogens is 316 g/mol. The molecule has 0 nitrogen and oxygen atoms in total. The van der Waals surface area contributed by atoms with E-state index in [1.54, 1.807) is 50.3 Å². The summed E-state index contributed by atoms with van der Waals surface area (Å²) in [6.45, 7) is 9.55. The van der Waals surface area contributed by atoms with Crippen LogP contribution in [0.1, 0.15) is 79.1 Å². The Balaban J connectivity index is 2.57. The van der Waals surface area contributed by atoms with Gasteiger partial charge >= 0.3 is 0 Å². The lowest BCUT2D eigenvalue weighted by Gasteiger charge is -2.54. The van der Waals surface area contributed by atoms with Gasteiger partial charge in [-0.25, -0.2) is 0 Å². The first-order chi connectivity index (χ1) is 9.79. The summed E-state index contributed by atoms with van der Waals surface area (Å²) in [5, 5.41) is 0. The minimum Gasteiger partial charge on any atom is -0.0654 e. The van der Waals surface area contributed by atoms with Crippen LogP contribution in [-0.2, 0) is 0 Å². The van der Waals surface area contributed by atoms with E-state index in [9.17, 15) is 0 Å². The predicted octanol–water partition coefficient (Wildman–Crippen LogP) is 8.79. The molecule has 4 heteroatoms. The number of hydrogen-bond acceptors (Lipinski definition) is 0. The fraction of sp³-hybridized carbons (Fsp3) is 1.00. The monoisotopic (exact) mass is 352 g/mol. The van der Waals surface area contributed by atoms with Gasteiger partial charge in [0.15, 0.2) is 0 Å². The molecule has 20 heavy (non-hydrogen) atoms. The molecule has 0 amide bonds. The summed E-state index contributed by atoms with van der Waals surface area (Å²) in [7, 11) is 2.20. The second kappa shape index (κ2) is 12.2. The Hall–Kier alpha value is 1.72. The lowest BCUT2D eigenvalue weighted by atomic mass is 10.4. The van der Waals surface area contributed by atoms with Crippen molar-refractivity contribution in [1.29, 1.82) is 0 Å². The van der Waals surface area contributed by atoms with Crippen molar-refractivity contribution in [1.82, 2.24) is 0 Å². The highest BCUT2D eigenvalue weighted by atomic mass is 33.0. The second-order valence-corrected chi connectivity index (χ2v) is 25.9. The maximum Gasteiger partial charge on any atom is -0.0242 e. The normalized spacial score (nSPS) is 29.4. The summed E-state index contributed by atoms with van der Waals surface area (Å²) >= 11 is 0. The van der Waals surface area contributed by atoms with Crippen molar-refractivity contribution in [3.8, 4) is 0 Å². The van der Waals surface area contributed by atoms with Crippen molar-refractivity contribution in [2.75, 3.05) is 24.6 Å². The quantitative estimate of drug-likeness (QED) is 0.308. The molecule has 0 aromatic carbocycles. The van der Waals surface area contributed by atoms with E-state index in [0.29, 0.717) is 29.2 Å². The lowest BCUT2D eigenvalue weighted by molar-refractivity contribution is 0.886. The lowest BCUT2D eigenvalue weighted by Crippen LogP contribution is -2.00. The predicted molar refractivity (Wildman–Crippen MR) is 107 cm³/mol. The topological polar surface area (TPSA) is 0 Å². The third kappa shape index (κ3) is 6.08. The maximum atomic E-state index is 2.39. The first-order valence-electron chi connectivity index (χ1n) is 8.89. The Bertz CT molecular complexity index is 179. The van der Waals surface area contributed by atoms with E-state index in [1.165, 1.54) is 25.7 Å². The average molecular weight is 352 g/mol. The first-order valence-corrected chi connectivity index (χ1v) is 17.8. The Morgan fingerprint density at radius 2 is 0.600 bits per heavy atom. The van der Waals surface area contributed by atoms with E-state index < -0.39 is 0 Å². The van der Waals surface area contributed by atoms with E-state index in [4.69, 9.17) is 0 Å². The fourth-order valence-electron chi connectivity index (χ4n) is 2.57. The molecule has 1 saturated heterocycles. The molecule has 0 atom stereocenters. The highest BCUT2D eigenvalue weighted by molar-refractivity contribution is 9.08. The Labute approximate surface area is 133 Å². The van der Waals surface area contributed by atoms with Gasteiger partial charge in [0, 0.05) is 0 Å². The van der Waals surface area contributed by atoms with Gasteiger partial charge in [0.1, 0.15) is 0 Å². The van der Waals surface area contributed by atoms with Crippen molar-refractivity contribution >= 4 is 29.2 Å². The second-order valence-electron chi connectivity index (χ2n) is 5.80. The molecule has 1 rings (SSSR count). The van der Waals surface area contributed by atoms with E-state index >= 15 is 0 Å². The number of hydrogen-bond donors (Lipinski definition) is 0. The SMILES string of the molecule is CCCCP1P(CCCC)P(CCCC)P1CCCC. The van der Waals surface area contributed by atoms with E-state index in [1.807, 2.05) is 0 Å². The van der Waals surface area contributed by atoms with Gasteiger partial charge < -0.3 is 0 Å². The minimum absolute atomic E-state index is 0.549. The third-order valence-electron chi connectivity index (χ3n) is 3.91. The molecule has 0 N–H and O–H groups in total. The van der Waals surface area contributed by atoms with Crippen molar-refractivity contribution in [3.05, 3.63) is 0 Å². The van der Waals surface area contributed by atoms with Gasteiger partial charge in [-0.2, -0.15) is 0 Å². The molecule has 0 aromatic heterocycles. The van der Waals surface area contributed by atoms with Crippen LogP contribution in [0.5, 0.6) is 0 Å². The van der Waals surface area contributed by atoms with Crippen LogP contribution in [-0.4, -0.2) is 24.6 Å². The zero-order valence-corrected chi connectivity index (χ0v) is 17.9. The van der Waals surface area contributed by atoms with Crippen molar-refractivity contribution in [3.63, 3.8) is 0 Å². The fourth-order valence-corrected chi connectivity index (χ4v) is 48.1. The molecule has 1 aliphatic heterocycles. The van der Waals surface area contributed by atoms with Crippen LogP contribution in [0.15, 0.2) is 0 Å². The van der Waals surface area contributed by atoms with Crippen molar-refractivity contribution in [2.24, 2.45) is 0 Å². The standard InChI is InChI=1S/C16H36P4/c1-5-9-13-17-18(14-10-6-2)20(16-12-8-4)19(17)15-11-7-3/h5-16H2,1-4H3. The van der Waals surface area contributed by atoms with Gasteiger partial charge in [0.2, 0.25) is 0 Å². The maximum absolute atomic E-state index is 2.39. The molecule has 0 saturated carbocycles. The number of rotatable bonds is 12. The highest BCUT2D eigenvalue weighted by Crippen LogP contribution is 3.20. The van der Waals surface area contributed by atoms with Gasteiger partial charge in [0.05, 0.1) is 0 Å². The molecule has 1 heterocycles. The zero-order valence-electron chi connectivity index (χ0n) is 14.3. The Kier molecular flexibility index (Phi) is 12.0. The zero-order chi connectivity index (χ0) is 14.8. The summed E-state index contributed by atoms with van der Waals surface area (Å²) in [6, 6.07) is 0. The molecule has 0 unspecified atom stereocenters. The smallest absolute Gasteiger partial charge is 0.0242 e. The van der Waals surface area contributed by atoms with Crippen LogP contribution in [0.25, 0.3) is 0 Å². The van der Waals surface area contributed by atoms with Gasteiger partial charge in [-0.05, 0) is 79.5 Å². The molecule has 120 valence electrons. The third-order valence-corrected chi connectivity index (χ3v) is 40.7. The van der Waals surface area contributed by atoms with Gasteiger partial charge in [-0.3, -0.25) is 0 Å². The number of unbranched alkanes of at least 4 members (excludes halogenated alkanes) is 4. The van der Waals surface area contributed by atoms with Crippen LogP contribution < -0.4 is 0 Å². The summed E-state index contributed by atoms with van der Waals surface area (Å²) < 4.78 is 0. The summed E-state index contributed by atoms with van der Waals surface area (Å²) in [4.78, 5) is 0. The average Bonchev–Trinajstić information content (AvgIpc) is 2.45. The highest BCUT2D eigenvalue weighted by Gasteiger charge is 2.46. The van der Waals surface area contributed by atoms with Gasteiger partial charge in [-0.1, -0.05) is 53.4 Å². The van der Waals surface area contributed by atoms with Crippen LogP contribution in [0.2, 0.25) is 0 Å². The van der Waals surface area contributed by atoms with Gasteiger partial charge in [-0.15, -0.1) is 0 Å².